The van der Waals surface area contributed by atoms with Crippen molar-refractivity contribution in [2.75, 3.05) is 12.3 Å². The van der Waals surface area contributed by atoms with Gasteiger partial charge < -0.3 is 16.2 Å². The maximum absolute atomic E-state index is 12.4. The van der Waals surface area contributed by atoms with Gasteiger partial charge in [-0.3, -0.25) is 4.79 Å². The number of thiophene rings is 1. The molecular formula is C19H27N3O2S. The van der Waals surface area contributed by atoms with Crippen molar-refractivity contribution in [3.63, 3.8) is 0 Å². The molecule has 1 aliphatic rings. The summed E-state index contributed by atoms with van der Waals surface area (Å²) in [7, 11) is 0. The van der Waals surface area contributed by atoms with E-state index in [1.807, 2.05) is 0 Å². The molecule has 0 fully saturated rings. The number of hydrogen-bond acceptors (Lipinski definition) is 5. The van der Waals surface area contributed by atoms with Gasteiger partial charge in [0.05, 0.1) is 12.3 Å². The summed E-state index contributed by atoms with van der Waals surface area (Å²) in [6, 6.07) is 1.83. The number of pyridine rings is 1. The van der Waals surface area contributed by atoms with E-state index in [1.165, 1.54) is 16.9 Å². The normalized spacial score (nSPS) is 18.8. The minimum absolute atomic E-state index is 0.0999. The summed E-state index contributed by atoms with van der Waals surface area (Å²) in [5.74, 6) is 0.389. The molecule has 0 bridgehead atoms. The lowest BCUT2D eigenvalue weighted by Gasteiger charge is -2.34. The van der Waals surface area contributed by atoms with E-state index in [-0.39, 0.29) is 24.0 Å². The van der Waals surface area contributed by atoms with E-state index in [2.05, 4.69) is 32.2 Å². The van der Waals surface area contributed by atoms with Crippen molar-refractivity contribution < 1.29 is 9.90 Å². The van der Waals surface area contributed by atoms with Crippen LogP contribution in [0.15, 0.2) is 6.07 Å². The number of aliphatic hydroxyl groups excluding tert-OH is 1. The molecule has 5 nitrogen and oxygen atoms in total. The molecule has 25 heavy (non-hydrogen) atoms. The molecule has 3 rings (SSSR count). The first-order chi connectivity index (χ1) is 11.7. The van der Waals surface area contributed by atoms with Gasteiger partial charge in [0.25, 0.3) is 5.91 Å². The molecular weight excluding hydrogens is 334 g/mol. The summed E-state index contributed by atoms with van der Waals surface area (Å²) in [6.45, 7) is 8.53. The van der Waals surface area contributed by atoms with Crippen LogP contribution in [0.1, 0.15) is 55.0 Å². The Morgan fingerprint density at radius 3 is 2.88 bits per heavy atom. The molecule has 1 amide bonds. The third-order valence-electron chi connectivity index (χ3n) is 5.17. The SMILES string of the molecule is CC(CO)NC(=O)c1sc2nc3c(cc2c1N)CC(C(C)(C)C)CC3. The zero-order valence-corrected chi connectivity index (χ0v) is 16.2. The van der Waals surface area contributed by atoms with Crippen molar-refractivity contribution in [3.8, 4) is 0 Å². The Labute approximate surface area is 152 Å². The standard InChI is InChI=1S/C19H27N3O2S/c1-10(9-23)21-17(24)16-15(20)13-8-11-7-12(19(2,3)4)5-6-14(11)22-18(13)25-16/h8,10,12,23H,5-7,9,20H2,1-4H3,(H,21,24). The highest BCUT2D eigenvalue weighted by Gasteiger charge is 2.30. The number of nitrogens with two attached hydrogens (primary N) is 1. The van der Waals surface area contributed by atoms with Crippen LogP contribution in [0.3, 0.4) is 0 Å². The molecule has 1 aliphatic carbocycles. The number of nitrogens with zero attached hydrogens (tertiary/aromatic N) is 1. The van der Waals surface area contributed by atoms with Crippen molar-refractivity contribution >= 4 is 33.1 Å². The molecule has 2 atom stereocenters. The van der Waals surface area contributed by atoms with Gasteiger partial charge in [0.1, 0.15) is 9.71 Å². The smallest absolute Gasteiger partial charge is 0.263 e. The first-order valence-electron chi connectivity index (χ1n) is 8.83. The average molecular weight is 362 g/mol. The quantitative estimate of drug-likeness (QED) is 0.784. The molecule has 0 saturated carbocycles. The van der Waals surface area contributed by atoms with E-state index in [0.29, 0.717) is 16.5 Å². The topological polar surface area (TPSA) is 88.2 Å². The summed E-state index contributed by atoms with van der Waals surface area (Å²) in [4.78, 5) is 18.5. The van der Waals surface area contributed by atoms with Crippen LogP contribution in [-0.2, 0) is 12.8 Å². The Morgan fingerprint density at radius 2 is 2.24 bits per heavy atom. The van der Waals surface area contributed by atoms with E-state index < -0.39 is 0 Å². The molecule has 4 N–H and O–H groups in total. The predicted molar refractivity (Wildman–Crippen MR) is 103 cm³/mol. The molecule has 2 unspecified atom stereocenters. The molecule has 0 radical (unpaired) electrons. The fourth-order valence-corrected chi connectivity index (χ4v) is 4.43. The number of aliphatic hydroxyl groups is 1. The monoisotopic (exact) mass is 361 g/mol. The number of nitrogen functional groups attached to an aromatic ring is 1. The van der Waals surface area contributed by atoms with Crippen molar-refractivity contribution in [2.45, 2.75) is 53.0 Å². The third kappa shape index (κ3) is 3.51. The molecule has 0 spiro atoms. The van der Waals surface area contributed by atoms with Gasteiger partial charge >= 0.3 is 0 Å². The predicted octanol–water partition coefficient (Wildman–Crippen LogP) is 3.14. The van der Waals surface area contributed by atoms with Gasteiger partial charge in [-0.05, 0) is 49.1 Å². The second-order valence-corrected chi connectivity index (χ2v) is 9.15. The second-order valence-electron chi connectivity index (χ2n) is 8.15. The van der Waals surface area contributed by atoms with Crippen molar-refractivity contribution in [2.24, 2.45) is 11.3 Å². The average Bonchev–Trinajstić information content (AvgIpc) is 2.87. The first kappa shape index (κ1) is 18.1. The highest BCUT2D eigenvalue weighted by molar-refractivity contribution is 7.21. The van der Waals surface area contributed by atoms with Crippen molar-refractivity contribution in [3.05, 3.63) is 22.2 Å². The van der Waals surface area contributed by atoms with Gasteiger partial charge in [0.2, 0.25) is 0 Å². The maximum Gasteiger partial charge on any atom is 0.263 e. The van der Waals surface area contributed by atoms with Crippen LogP contribution in [0.4, 0.5) is 5.69 Å². The van der Waals surface area contributed by atoms with Crippen LogP contribution < -0.4 is 11.1 Å². The number of carbonyl (C=O) groups is 1. The van der Waals surface area contributed by atoms with E-state index in [4.69, 9.17) is 15.8 Å². The van der Waals surface area contributed by atoms with Gasteiger partial charge in [0, 0.05) is 17.1 Å². The van der Waals surface area contributed by atoms with Crippen LogP contribution in [0, 0.1) is 11.3 Å². The number of aryl methyl sites for hydroxylation is 1. The summed E-state index contributed by atoms with van der Waals surface area (Å²) < 4.78 is 0. The zero-order chi connectivity index (χ0) is 18.4. The van der Waals surface area contributed by atoms with Gasteiger partial charge in [-0.1, -0.05) is 20.8 Å². The van der Waals surface area contributed by atoms with E-state index in [0.717, 1.165) is 35.2 Å². The van der Waals surface area contributed by atoms with Gasteiger partial charge in [-0.2, -0.15) is 0 Å². The van der Waals surface area contributed by atoms with Crippen molar-refractivity contribution in [1.82, 2.24) is 10.3 Å². The highest BCUT2D eigenvalue weighted by atomic mass is 32.1. The van der Waals surface area contributed by atoms with Crippen LogP contribution in [0.5, 0.6) is 0 Å². The summed E-state index contributed by atoms with van der Waals surface area (Å²) in [5.41, 5.74) is 9.44. The molecule has 0 aliphatic heterocycles. The third-order valence-corrected chi connectivity index (χ3v) is 6.28. The number of hydrogen-bond donors (Lipinski definition) is 3. The first-order valence-corrected chi connectivity index (χ1v) is 9.64. The fraction of sp³-hybridized carbons (Fsp3) is 0.579. The highest BCUT2D eigenvalue weighted by Crippen LogP contribution is 2.40. The molecule has 136 valence electrons. The zero-order valence-electron chi connectivity index (χ0n) is 15.3. The molecule has 2 heterocycles. The van der Waals surface area contributed by atoms with Crippen LogP contribution >= 0.6 is 11.3 Å². The Bertz CT molecular complexity index is 807. The number of rotatable bonds is 3. The summed E-state index contributed by atoms with van der Waals surface area (Å²) in [5, 5.41) is 12.8. The largest absolute Gasteiger partial charge is 0.397 e. The summed E-state index contributed by atoms with van der Waals surface area (Å²) in [6.07, 6.45) is 3.14. The van der Waals surface area contributed by atoms with E-state index in [9.17, 15) is 4.79 Å². The number of aromatic nitrogens is 1. The molecule has 0 saturated heterocycles. The Balaban J connectivity index is 1.96. The Morgan fingerprint density at radius 1 is 1.52 bits per heavy atom. The number of amides is 1. The molecule has 6 heteroatoms. The van der Waals surface area contributed by atoms with Crippen LogP contribution in [0.2, 0.25) is 0 Å². The Kier molecular flexibility index (Phi) is 4.77. The number of fused-ring (bicyclic) bond motifs is 2. The lowest BCUT2D eigenvalue weighted by Crippen LogP contribution is -2.34. The maximum atomic E-state index is 12.4. The van der Waals surface area contributed by atoms with Gasteiger partial charge in [0.15, 0.2) is 0 Å². The second kappa shape index (κ2) is 6.57. The minimum Gasteiger partial charge on any atom is -0.397 e. The lowest BCUT2D eigenvalue weighted by molar-refractivity contribution is 0.0927. The molecule has 2 aromatic rings. The number of nitrogens with one attached hydrogen (secondary N) is 1. The minimum atomic E-state index is -0.300. The number of carbonyl (C=O) groups excluding carboxylic acids is 1. The van der Waals surface area contributed by atoms with Crippen LogP contribution in [0.25, 0.3) is 10.2 Å². The summed E-state index contributed by atoms with van der Waals surface area (Å²) >= 11 is 1.33. The fourth-order valence-electron chi connectivity index (χ4n) is 3.43. The molecule has 0 aromatic carbocycles. The van der Waals surface area contributed by atoms with E-state index >= 15 is 0 Å². The van der Waals surface area contributed by atoms with Crippen molar-refractivity contribution in [1.29, 1.82) is 0 Å². The Hall–Kier alpha value is -1.66. The number of anilines is 1. The van der Waals surface area contributed by atoms with Crippen LogP contribution in [-0.4, -0.2) is 28.6 Å². The lowest BCUT2D eigenvalue weighted by atomic mass is 9.71. The molecule has 2 aromatic heterocycles. The van der Waals surface area contributed by atoms with Gasteiger partial charge in [-0.15, -0.1) is 11.3 Å². The van der Waals surface area contributed by atoms with Gasteiger partial charge in [-0.25, -0.2) is 4.98 Å². The van der Waals surface area contributed by atoms with E-state index in [1.54, 1.807) is 6.92 Å².